The molecule has 1 aromatic rings. The molecule has 0 saturated heterocycles. The molecule has 2 atom stereocenters. The van der Waals surface area contributed by atoms with Crippen molar-refractivity contribution in [2.75, 3.05) is 32.1 Å². The van der Waals surface area contributed by atoms with Crippen molar-refractivity contribution in [1.29, 1.82) is 0 Å². The second-order valence-electron chi connectivity index (χ2n) is 6.79. The lowest BCUT2D eigenvalue weighted by Gasteiger charge is -2.46. The molecule has 1 aliphatic carbocycles. The number of benzene rings is 1. The van der Waals surface area contributed by atoms with Crippen LogP contribution >= 0.6 is 0 Å². The van der Waals surface area contributed by atoms with E-state index in [1.165, 1.54) is 57.3 Å². The fraction of sp³-hybridized carbons (Fsp3) is 0.667. The van der Waals surface area contributed by atoms with E-state index < -0.39 is 0 Å². The maximum Gasteiger partial charge on any atom is 0.0401 e. The first-order valence-corrected chi connectivity index (χ1v) is 8.25. The van der Waals surface area contributed by atoms with Crippen LogP contribution in [0.15, 0.2) is 24.3 Å². The van der Waals surface area contributed by atoms with E-state index in [9.17, 15) is 0 Å². The van der Waals surface area contributed by atoms with E-state index in [1.807, 2.05) is 0 Å². The summed E-state index contributed by atoms with van der Waals surface area (Å²) in [4.78, 5) is 5.04. The highest BCUT2D eigenvalue weighted by Gasteiger charge is 2.35. The maximum atomic E-state index is 2.74. The Kier molecular flexibility index (Phi) is 4.30. The highest BCUT2D eigenvalue weighted by Crippen LogP contribution is 2.40. The van der Waals surface area contributed by atoms with Gasteiger partial charge in [-0.15, -0.1) is 0 Å². The zero-order valence-electron chi connectivity index (χ0n) is 13.0. The van der Waals surface area contributed by atoms with E-state index in [-0.39, 0.29) is 0 Å². The molecular weight excluding hydrogens is 244 g/mol. The lowest BCUT2D eigenvalue weighted by Crippen LogP contribution is -2.47. The van der Waals surface area contributed by atoms with Crippen LogP contribution in [0.5, 0.6) is 0 Å². The summed E-state index contributed by atoms with van der Waals surface area (Å²) in [5, 5.41) is 0. The van der Waals surface area contributed by atoms with Gasteiger partial charge in [0.15, 0.2) is 0 Å². The molecule has 3 rings (SSSR count). The number of fused-ring (bicyclic) bond motifs is 2. The molecule has 0 aromatic heterocycles. The summed E-state index contributed by atoms with van der Waals surface area (Å²) in [6.07, 6.45) is 8.28. The molecule has 0 N–H and O–H groups in total. The lowest BCUT2D eigenvalue weighted by molar-refractivity contribution is 0.275. The molecule has 0 radical (unpaired) electrons. The molecule has 0 amide bonds. The minimum atomic E-state index is 0.806. The minimum absolute atomic E-state index is 0.806. The molecule has 2 heteroatoms. The predicted octanol–water partition coefficient (Wildman–Crippen LogP) is 3.56. The molecule has 0 bridgehead atoms. The SMILES string of the molecule is CN(C)CCCN1c2ccccc2CC2CCCCC21. The van der Waals surface area contributed by atoms with Crippen LogP contribution in [0.25, 0.3) is 0 Å². The average Bonchev–Trinajstić information content (AvgIpc) is 2.46. The van der Waals surface area contributed by atoms with Crippen molar-refractivity contribution in [3.8, 4) is 0 Å². The van der Waals surface area contributed by atoms with Crippen LogP contribution < -0.4 is 4.90 Å². The van der Waals surface area contributed by atoms with Gasteiger partial charge >= 0.3 is 0 Å². The third-order valence-electron chi connectivity index (χ3n) is 5.06. The van der Waals surface area contributed by atoms with Crippen molar-refractivity contribution in [2.24, 2.45) is 5.92 Å². The largest absolute Gasteiger partial charge is 0.368 e. The van der Waals surface area contributed by atoms with Crippen LogP contribution in [0, 0.1) is 5.92 Å². The third kappa shape index (κ3) is 2.85. The summed E-state index contributed by atoms with van der Waals surface area (Å²) in [6.45, 7) is 2.41. The topological polar surface area (TPSA) is 6.48 Å². The Balaban J connectivity index is 1.79. The van der Waals surface area contributed by atoms with Gasteiger partial charge in [0, 0.05) is 18.3 Å². The quantitative estimate of drug-likeness (QED) is 0.827. The second kappa shape index (κ2) is 6.17. The number of rotatable bonds is 4. The molecule has 0 spiro atoms. The minimum Gasteiger partial charge on any atom is -0.368 e. The monoisotopic (exact) mass is 272 g/mol. The molecule has 2 unspecified atom stereocenters. The van der Waals surface area contributed by atoms with Gasteiger partial charge in [-0.2, -0.15) is 0 Å². The zero-order chi connectivity index (χ0) is 13.9. The summed E-state index contributed by atoms with van der Waals surface area (Å²) in [5.74, 6) is 0.901. The van der Waals surface area contributed by atoms with Crippen LogP contribution in [0.1, 0.15) is 37.7 Å². The molecule has 20 heavy (non-hydrogen) atoms. The highest BCUT2D eigenvalue weighted by molar-refractivity contribution is 5.57. The highest BCUT2D eigenvalue weighted by atomic mass is 15.2. The Morgan fingerprint density at radius 1 is 1.15 bits per heavy atom. The van der Waals surface area contributed by atoms with Gasteiger partial charge in [-0.3, -0.25) is 0 Å². The summed E-state index contributed by atoms with van der Waals surface area (Å²) in [7, 11) is 4.35. The first-order chi connectivity index (χ1) is 9.75. The summed E-state index contributed by atoms with van der Waals surface area (Å²) >= 11 is 0. The Hall–Kier alpha value is -1.02. The van der Waals surface area contributed by atoms with E-state index in [4.69, 9.17) is 0 Å². The van der Waals surface area contributed by atoms with E-state index in [1.54, 1.807) is 5.56 Å². The third-order valence-corrected chi connectivity index (χ3v) is 5.06. The van der Waals surface area contributed by atoms with E-state index >= 15 is 0 Å². The Morgan fingerprint density at radius 2 is 1.95 bits per heavy atom. The van der Waals surface area contributed by atoms with Gasteiger partial charge in [-0.25, -0.2) is 0 Å². The van der Waals surface area contributed by atoms with Crippen LogP contribution in [-0.2, 0) is 6.42 Å². The molecule has 110 valence electrons. The number of para-hydroxylation sites is 1. The van der Waals surface area contributed by atoms with Crippen LogP contribution in [-0.4, -0.2) is 38.1 Å². The molecule has 1 saturated carbocycles. The normalized spacial score (nSPS) is 25.4. The summed E-state index contributed by atoms with van der Waals surface area (Å²) in [5.41, 5.74) is 3.11. The molecule has 1 heterocycles. The Morgan fingerprint density at radius 3 is 2.80 bits per heavy atom. The predicted molar refractivity (Wildman–Crippen MR) is 86.4 cm³/mol. The van der Waals surface area contributed by atoms with Crippen molar-refractivity contribution in [1.82, 2.24) is 4.90 Å². The van der Waals surface area contributed by atoms with Gasteiger partial charge in [-0.05, 0) is 63.9 Å². The fourth-order valence-corrected chi connectivity index (χ4v) is 4.10. The first-order valence-electron chi connectivity index (χ1n) is 8.25. The van der Waals surface area contributed by atoms with Gasteiger partial charge in [0.05, 0.1) is 0 Å². The molecule has 1 aromatic carbocycles. The van der Waals surface area contributed by atoms with Crippen LogP contribution in [0.3, 0.4) is 0 Å². The zero-order valence-corrected chi connectivity index (χ0v) is 13.0. The first kappa shape index (κ1) is 13.9. The number of anilines is 1. The van der Waals surface area contributed by atoms with Gasteiger partial charge < -0.3 is 9.80 Å². The van der Waals surface area contributed by atoms with Crippen LogP contribution in [0.2, 0.25) is 0 Å². The van der Waals surface area contributed by atoms with Crippen molar-refractivity contribution in [2.45, 2.75) is 44.6 Å². The lowest BCUT2D eigenvalue weighted by atomic mass is 9.76. The number of nitrogens with zero attached hydrogens (tertiary/aromatic N) is 2. The van der Waals surface area contributed by atoms with Gasteiger partial charge in [0.2, 0.25) is 0 Å². The van der Waals surface area contributed by atoms with Crippen molar-refractivity contribution in [3.63, 3.8) is 0 Å². The van der Waals surface area contributed by atoms with Crippen molar-refractivity contribution in [3.05, 3.63) is 29.8 Å². The van der Waals surface area contributed by atoms with Gasteiger partial charge in [0.25, 0.3) is 0 Å². The molecule has 1 aliphatic heterocycles. The van der Waals surface area contributed by atoms with Crippen LogP contribution in [0.4, 0.5) is 5.69 Å². The Labute approximate surface area is 123 Å². The van der Waals surface area contributed by atoms with E-state index in [2.05, 4.69) is 48.2 Å². The molecule has 2 nitrogen and oxygen atoms in total. The Bertz CT molecular complexity index is 441. The standard InChI is InChI=1S/C18H28N2/c1-19(2)12-7-13-20-17-10-5-3-8-15(17)14-16-9-4-6-11-18(16)20/h3,5,8,10,16,18H,4,6-7,9,11-14H2,1-2H3. The number of hydrogen-bond donors (Lipinski definition) is 0. The molecular formula is C18H28N2. The van der Waals surface area contributed by atoms with Gasteiger partial charge in [0.1, 0.15) is 0 Å². The van der Waals surface area contributed by atoms with Crippen molar-refractivity contribution < 1.29 is 0 Å². The summed E-state index contributed by atoms with van der Waals surface area (Å²) in [6, 6.07) is 9.91. The van der Waals surface area contributed by atoms with Crippen molar-refractivity contribution >= 4 is 5.69 Å². The molecule has 1 fully saturated rings. The smallest absolute Gasteiger partial charge is 0.0401 e. The van der Waals surface area contributed by atoms with E-state index in [0.717, 1.165) is 12.0 Å². The second-order valence-corrected chi connectivity index (χ2v) is 6.79. The van der Waals surface area contributed by atoms with E-state index in [0.29, 0.717) is 0 Å². The summed E-state index contributed by atoms with van der Waals surface area (Å²) < 4.78 is 0. The average molecular weight is 272 g/mol. The fourth-order valence-electron chi connectivity index (χ4n) is 4.10. The maximum absolute atomic E-state index is 2.74. The number of hydrogen-bond acceptors (Lipinski definition) is 2. The van der Waals surface area contributed by atoms with Gasteiger partial charge in [-0.1, -0.05) is 31.0 Å². The molecule has 2 aliphatic rings.